The smallest absolute Gasteiger partial charge is 0.170 e. The van der Waals surface area contributed by atoms with E-state index in [9.17, 15) is 0 Å². The molecule has 0 bridgehead atoms. The van der Waals surface area contributed by atoms with Crippen molar-refractivity contribution in [2.75, 3.05) is 0 Å². The fourth-order valence-corrected chi connectivity index (χ4v) is 5.25. The van der Waals surface area contributed by atoms with Crippen molar-refractivity contribution < 1.29 is 0 Å². The summed E-state index contributed by atoms with van der Waals surface area (Å²) in [6, 6.07) is 20.7. The van der Waals surface area contributed by atoms with Crippen LogP contribution in [0.2, 0.25) is 0 Å². The summed E-state index contributed by atoms with van der Waals surface area (Å²) in [5.74, 6) is 0. The molecule has 4 aromatic rings. The molecule has 1 saturated heterocycles. The molecule has 1 N–H and O–H groups in total. The molecule has 1 fully saturated rings. The molecular formula is C26H24BrN5S. The Kier molecular flexibility index (Phi) is 6.00. The summed E-state index contributed by atoms with van der Waals surface area (Å²) in [6.07, 6.45) is 5.54. The molecule has 5 rings (SSSR count). The maximum Gasteiger partial charge on any atom is 0.170 e. The first-order valence-electron chi connectivity index (χ1n) is 10.8. The zero-order valence-corrected chi connectivity index (χ0v) is 20.8. The predicted molar refractivity (Wildman–Crippen MR) is 138 cm³/mol. The molecular weight excluding hydrogens is 494 g/mol. The third-order valence-corrected chi connectivity index (χ3v) is 7.03. The summed E-state index contributed by atoms with van der Waals surface area (Å²) in [5, 5.41) is 4.28. The number of aryl methyl sites for hydroxylation is 1. The summed E-state index contributed by atoms with van der Waals surface area (Å²) in [7, 11) is 0. The Morgan fingerprint density at radius 2 is 1.85 bits per heavy atom. The highest BCUT2D eigenvalue weighted by atomic mass is 79.9. The van der Waals surface area contributed by atoms with Crippen LogP contribution in [0.25, 0.3) is 5.69 Å². The van der Waals surface area contributed by atoms with E-state index < -0.39 is 0 Å². The standard InChI is InChI=1S/C26H24BrN5S/c1-17-14-22(18(2)32(17)21-10-8-20(27)9-11-21)25-24(23-7-3-4-13-29-23)30-26(33)31(25)16-19-6-5-12-28-15-19/h3-15,24-25H,16H2,1-2H3,(H,30,33)/t24-,25-/m0/s1. The van der Waals surface area contributed by atoms with Gasteiger partial charge in [-0.3, -0.25) is 9.97 Å². The van der Waals surface area contributed by atoms with E-state index in [4.69, 9.17) is 12.2 Å². The van der Waals surface area contributed by atoms with Gasteiger partial charge in [-0.1, -0.05) is 28.1 Å². The minimum atomic E-state index is -0.0470. The quantitative estimate of drug-likeness (QED) is 0.338. The molecule has 0 aliphatic carbocycles. The van der Waals surface area contributed by atoms with Crippen LogP contribution in [0.5, 0.6) is 0 Å². The van der Waals surface area contributed by atoms with Gasteiger partial charge in [0.2, 0.25) is 0 Å². The Hall–Kier alpha value is -3.03. The molecule has 0 saturated carbocycles. The predicted octanol–water partition coefficient (Wildman–Crippen LogP) is 5.82. The van der Waals surface area contributed by atoms with Crippen molar-refractivity contribution in [3.63, 3.8) is 0 Å². The molecule has 4 heterocycles. The van der Waals surface area contributed by atoms with Gasteiger partial charge in [0.1, 0.15) is 0 Å². The molecule has 166 valence electrons. The number of thiocarbonyl (C=S) groups is 1. The van der Waals surface area contributed by atoms with Crippen LogP contribution in [0.15, 0.2) is 83.7 Å². The fourth-order valence-electron chi connectivity index (χ4n) is 4.68. The minimum absolute atomic E-state index is 0.00278. The monoisotopic (exact) mass is 517 g/mol. The van der Waals surface area contributed by atoms with E-state index in [2.05, 4.69) is 97.0 Å². The summed E-state index contributed by atoms with van der Waals surface area (Å²) >= 11 is 9.38. The van der Waals surface area contributed by atoms with Gasteiger partial charge in [-0.05, 0) is 85.7 Å². The van der Waals surface area contributed by atoms with Crippen LogP contribution >= 0.6 is 28.1 Å². The molecule has 0 radical (unpaired) electrons. The Balaban J connectivity index is 1.61. The van der Waals surface area contributed by atoms with Gasteiger partial charge in [0.05, 0.1) is 17.8 Å². The van der Waals surface area contributed by atoms with Crippen LogP contribution < -0.4 is 5.32 Å². The highest BCUT2D eigenvalue weighted by molar-refractivity contribution is 9.10. The molecule has 3 aromatic heterocycles. The van der Waals surface area contributed by atoms with Crippen LogP contribution in [0.3, 0.4) is 0 Å². The van der Waals surface area contributed by atoms with Crippen LogP contribution in [0.1, 0.15) is 40.3 Å². The van der Waals surface area contributed by atoms with Crippen molar-refractivity contribution >= 4 is 33.3 Å². The zero-order valence-electron chi connectivity index (χ0n) is 18.4. The lowest BCUT2D eigenvalue weighted by atomic mass is 9.96. The lowest BCUT2D eigenvalue weighted by Crippen LogP contribution is -2.29. The lowest BCUT2D eigenvalue weighted by Gasteiger charge is -2.28. The van der Waals surface area contributed by atoms with E-state index >= 15 is 0 Å². The number of hydrogen-bond acceptors (Lipinski definition) is 3. The second-order valence-electron chi connectivity index (χ2n) is 8.25. The zero-order chi connectivity index (χ0) is 22.9. The Morgan fingerprint density at radius 3 is 2.55 bits per heavy atom. The molecule has 33 heavy (non-hydrogen) atoms. The number of hydrogen-bond donors (Lipinski definition) is 1. The van der Waals surface area contributed by atoms with Gasteiger partial charge in [0.25, 0.3) is 0 Å². The van der Waals surface area contributed by atoms with Gasteiger partial charge >= 0.3 is 0 Å². The van der Waals surface area contributed by atoms with Crippen molar-refractivity contribution in [1.82, 2.24) is 24.8 Å². The number of aromatic nitrogens is 3. The average molecular weight is 518 g/mol. The first-order chi connectivity index (χ1) is 16.0. The van der Waals surface area contributed by atoms with Crippen LogP contribution in [0.4, 0.5) is 0 Å². The molecule has 2 atom stereocenters. The third kappa shape index (κ3) is 4.18. The number of nitrogens with zero attached hydrogens (tertiary/aromatic N) is 4. The normalized spacial score (nSPS) is 17.9. The van der Waals surface area contributed by atoms with Gasteiger partial charge in [-0.2, -0.15) is 0 Å². The van der Waals surface area contributed by atoms with E-state index in [0.717, 1.165) is 26.5 Å². The van der Waals surface area contributed by atoms with E-state index in [1.54, 1.807) is 6.20 Å². The molecule has 5 nitrogen and oxygen atoms in total. The Bertz CT molecular complexity index is 1270. The number of nitrogens with one attached hydrogen (secondary N) is 1. The average Bonchev–Trinajstić information content (AvgIpc) is 3.31. The van der Waals surface area contributed by atoms with Crippen molar-refractivity contribution in [2.45, 2.75) is 32.5 Å². The molecule has 0 amide bonds. The van der Waals surface area contributed by atoms with Crippen molar-refractivity contribution in [3.05, 3.63) is 112 Å². The van der Waals surface area contributed by atoms with Crippen molar-refractivity contribution in [3.8, 4) is 5.69 Å². The second kappa shape index (κ2) is 9.08. The highest BCUT2D eigenvalue weighted by Crippen LogP contribution is 2.42. The number of benzene rings is 1. The SMILES string of the molecule is Cc1cc([C@H]2[C@H](c3ccccn3)NC(=S)N2Cc2cccnc2)c(C)n1-c1ccc(Br)cc1. The van der Waals surface area contributed by atoms with Gasteiger partial charge in [-0.15, -0.1) is 0 Å². The lowest BCUT2D eigenvalue weighted by molar-refractivity contribution is 0.310. The van der Waals surface area contributed by atoms with Crippen molar-refractivity contribution in [1.29, 1.82) is 0 Å². The number of rotatable bonds is 5. The third-order valence-electron chi connectivity index (χ3n) is 6.15. The van der Waals surface area contributed by atoms with E-state index in [-0.39, 0.29) is 12.1 Å². The Morgan fingerprint density at radius 1 is 1.03 bits per heavy atom. The van der Waals surface area contributed by atoms with Gasteiger partial charge in [-0.25, -0.2) is 0 Å². The van der Waals surface area contributed by atoms with Gasteiger partial charge < -0.3 is 14.8 Å². The summed E-state index contributed by atoms with van der Waals surface area (Å²) in [4.78, 5) is 11.2. The molecule has 0 unspecified atom stereocenters. The Labute approximate surface area is 207 Å². The summed E-state index contributed by atoms with van der Waals surface area (Å²) in [5.41, 5.74) is 6.86. The van der Waals surface area contributed by atoms with Gasteiger partial charge in [0, 0.05) is 46.7 Å². The first-order valence-corrected chi connectivity index (χ1v) is 12.0. The maximum absolute atomic E-state index is 5.84. The maximum atomic E-state index is 5.84. The molecule has 0 spiro atoms. The second-order valence-corrected chi connectivity index (χ2v) is 9.56. The van der Waals surface area contributed by atoms with Gasteiger partial charge in [0.15, 0.2) is 5.11 Å². The number of pyridine rings is 2. The first kappa shape index (κ1) is 21.8. The summed E-state index contributed by atoms with van der Waals surface area (Å²) in [6.45, 7) is 5.01. The molecule has 7 heteroatoms. The molecule has 1 aliphatic heterocycles. The van der Waals surface area contributed by atoms with E-state index in [1.165, 1.54) is 17.0 Å². The topological polar surface area (TPSA) is 46.0 Å². The van der Waals surface area contributed by atoms with E-state index in [1.807, 2.05) is 30.6 Å². The minimum Gasteiger partial charge on any atom is -0.352 e. The molecule has 1 aliphatic rings. The highest BCUT2D eigenvalue weighted by Gasteiger charge is 2.41. The largest absolute Gasteiger partial charge is 0.352 e. The number of halogens is 1. The van der Waals surface area contributed by atoms with Crippen LogP contribution in [-0.4, -0.2) is 24.5 Å². The van der Waals surface area contributed by atoms with Crippen molar-refractivity contribution in [2.24, 2.45) is 0 Å². The molecule has 1 aromatic carbocycles. The van der Waals surface area contributed by atoms with Crippen LogP contribution in [0, 0.1) is 13.8 Å². The summed E-state index contributed by atoms with van der Waals surface area (Å²) < 4.78 is 3.37. The fraction of sp³-hybridized carbons (Fsp3) is 0.192. The van der Waals surface area contributed by atoms with E-state index in [0.29, 0.717) is 6.54 Å². The van der Waals surface area contributed by atoms with Crippen LogP contribution in [-0.2, 0) is 6.54 Å².